The highest BCUT2D eigenvalue weighted by Gasteiger charge is 2.10. The van der Waals surface area contributed by atoms with Crippen LogP contribution in [0.1, 0.15) is 6.92 Å². The number of hydrogen-bond donors (Lipinski definition) is 0. The van der Waals surface area contributed by atoms with E-state index in [0.717, 1.165) is 32.9 Å². The quantitative estimate of drug-likeness (QED) is 0.455. The summed E-state index contributed by atoms with van der Waals surface area (Å²) in [5, 5.41) is 0. The molecule has 60 valence electrons. The highest BCUT2D eigenvalue weighted by Crippen LogP contribution is 2.12. The molecule has 1 aliphatic rings. The average molecular weight is 163 g/mol. The Morgan fingerprint density at radius 1 is 1.50 bits per heavy atom. The number of nitrogens with zero attached hydrogens (tertiary/aromatic N) is 1. The normalized spacial score (nSPS) is 21.3. The van der Waals surface area contributed by atoms with Gasteiger partial charge >= 0.3 is 0 Å². The third kappa shape index (κ3) is 2.88. The number of hydrogen-bond acceptors (Lipinski definition) is 4. The Bertz CT molecular complexity index is 85.8. The van der Waals surface area contributed by atoms with E-state index in [-0.39, 0.29) is 0 Å². The molecule has 0 spiro atoms. The molecule has 1 heterocycles. The van der Waals surface area contributed by atoms with E-state index in [1.807, 2.05) is 6.92 Å². The van der Waals surface area contributed by atoms with Gasteiger partial charge in [0.1, 0.15) is 0 Å². The predicted octanol–water partition coefficient (Wildman–Crippen LogP) is 0.918. The monoisotopic (exact) mass is 163 g/mol. The topological polar surface area (TPSA) is 21.7 Å². The lowest BCUT2D eigenvalue weighted by Crippen LogP contribution is -2.31. The van der Waals surface area contributed by atoms with Gasteiger partial charge in [0.15, 0.2) is 0 Å². The summed E-state index contributed by atoms with van der Waals surface area (Å²) in [6, 6.07) is 0. The van der Waals surface area contributed by atoms with Crippen molar-refractivity contribution in [3.05, 3.63) is 0 Å². The van der Waals surface area contributed by atoms with Crippen LogP contribution in [-0.4, -0.2) is 37.2 Å². The van der Waals surface area contributed by atoms with Crippen LogP contribution in [0.2, 0.25) is 0 Å². The molecule has 1 fully saturated rings. The molecule has 0 N–H and O–H groups in total. The first kappa shape index (κ1) is 8.33. The molecule has 0 aromatic carbocycles. The summed E-state index contributed by atoms with van der Waals surface area (Å²) in [5.41, 5.74) is 0. The molecule has 1 aliphatic heterocycles. The lowest BCUT2D eigenvalue weighted by atomic mass is 10.5. The summed E-state index contributed by atoms with van der Waals surface area (Å²) in [6.07, 6.45) is 0. The Morgan fingerprint density at radius 3 is 2.80 bits per heavy atom. The molecular weight excluding hydrogens is 150 g/mol. The minimum Gasteiger partial charge on any atom is -0.379 e. The maximum Gasteiger partial charge on any atom is 0.0820 e. The van der Waals surface area contributed by atoms with Crippen molar-refractivity contribution in [2.75, 3.05) is 32.9 Å². The smallest absolute Gasteiger partial charge is 0.0820 e. The minimum absolute atomic E-state index is 0.766. The first-order valence-electron chi connectivity index (χ1n) is 3.55. The van der Waals surface area contributed by atoms with Crippen molar-refractivity contribution in [1.82, 2.24) is 4.31 Å². The van der Waals surface area contributed by atoms with Gasteiger partial charge in [-0.25, -0.2) is 4.31 Å². The van der Waals surface area contributed by atoms with Gasteiger partial charge in [0.05, 0.1) is 32.0 Å². The second-order valence-electron chi connectivity index (χ2n) is 2.02. The van der Waals surface area contributed by atoms with E-state index in [2.05, 4.69) is 4.31 Å². The summed E-state index contributed by atoms with van der Waals surface area (Å²) in [5.74, 6) is 0. The molecular formula is C6H13NO2S. The van der Waals surface area contributed by atoms with Crippen LogP contribution in [0.15, 0.2) is 0 Å². The van der Waals surface area contributed by atoms with E-state index >= 15 is 0 Å². The summed E-state index contributed by atoms with van der Waals surface area (Å²) < 4.78 is 12.5. The molecule has 0 atom stereocenters. The highest BCUT2D eigenvalue weighted by molar-refractivity contribution is 7.92. The van der Waals surface area contributed by atoms with Gasteiger partial charge in [0.25, 0.3) is 0 Å². The Morgan fingerprint density at radius 2 is 2.20 bits per heavy atom. The largest absolute Gasteiger partial charge is 0.379 e. The van der Waals surface area contributed by atoms with Gasteiger partial charge in [0, 0.05) is 13.1 Å². The predicted molar refractivity (Wildman–Crippen MR) is 41.6 cm³/mol. The Hall–Kier alpha value is 0.230. The zero-order chi connectivity index (χ0) is 7.23. The average Bonchev–Trinajstić information content (AvgIpc) is 2.03. The maximum atomic E-state index is 5.17. The molecule has 0 aromatic heterocycles. The van der Waals surface area contributed by atoms with Crippen LogP contribution >= 0.6 is 12.2 Å². The molecule has 4 heteroatoms. The van der Waals surface area contributed by atoms with Crippen molar-refractivity contribution >= 4 is 12.2 Å². The maximum absolute atomic E-state index is 5.17. The third-order valence-electron chi connectivity index (χ3n) is 1.25. The van der Waals surface area contributed by atoms with Crippen molar-refractivity contribution in [3.63, 3.8) is 0 Å². The molecule has 0 aromatic rings. The lowest BCUT2D eigenvalue weighted by Gasteiger charge is -2.23. The van der Waals surface area contributed by atoms with Gasteiger partial charge in [-0.1, -0.05) is 0 Å². The fourth-order valence-corrected chi connectivity index (χ4v) is 1.30. The van der Waals surface area contributed by atoms with Crippen molar-refractivity contribution in [3.8, 4) is 0 Å². The Balaban J connectivity index is 2.02. The molecule has 0 unspecified atom stereocenters. The molecule has 10 heavy (non-hydrogen) atoms. The van der Waals surface area contributed by atoms with Gasteiger partial charge in [-0.3, -0.25) is 0 Å². The lowest BCUT2D eigenvalue weighted by molar-refractivity contribution is 0.0742. The summed E-state index contributed by atoms with van der Waals surface area (Å²) >= 11 is 1.45. The molecule has 0 bridgehead atoms. The van der Waals surface area contributed by atoms with E-state index in [4.69, 9.17) is 8.92 Å². The highest BCUT2D eigenvalue weighted by atomic mass is 32.2. The molecule has 1 saturated heterocycles. The van der Waals surface area contributed by atoms with Gasteiger partial charge < -0.3 is 8.92 Å². The molecule has 0 aliphatic carbocycles. The van der Waals surface area contributed by atoms with Gasteiger partial charge in [0.2, 0.25) is 0 Å². The molecule has 1 rings (SSSR count). The summed E-state index contributed by atoms with van der Waals surface area (Å²) in [4.78, 5) is 0. The van der Waals surface area contributed by atoms with Gasteiger partial charge in [-0.2, -0.15) is 0 Å². The second kappa shape index (κ2) is 4.96. The molecule has 3 nitrogen and oxygen atoms in total. The Labute approximate surface area is 66.0 Å². The van der Waals surface area contributed by atoms with Crippen LogP contribution in [-0.2, 0) is 8.92 Å². The zero-order valence-electron chi connectivity index (χ0n) is 6.21. The Kier molecular flexibility index (Phi) is 4.13. The van der Waals surface area contributed by atoms with E-state index in [1.165, 1.54) is 12.2 Å². The number of ether oxygens (including phenoxy) is 1. The van der Waals surface area contributed by atoms with Crippen molar-refractivity contribution in [2.45, 2.75) is 6.92 Å². The van der Waals surface area contributed by atoms with Gasteiger partial charge in [-0.05, 0) is 6.92 Å². The standard InChI is InChI=1S/C6H13NO2S/c1-2-9-10-7-3-5-8-6-4-7/h2-6H2,1H3. The molecule has 0 amide bonds. The van der Waals surface area contributed by atoms with Crippen LogP contribution in [0.5, 0.6) is 0 Å². The second-order valence-corrected chi connectivity index (χ2v) is 2.92. The summed E-state index contributed by atoms with van der Waals surface area (Å²) in [6.45, 7) is 6.38. The number of rotatable bonds is 3. The first-order valence-corrected chi connectivity index (χ1v) is 4.25. The van der Waals surface area contributed by atoms with E-state index in [9.17, 15) is 0 Å². The van der Waals surface area contributed by atoms with E-state index < -0.39 is 0 Å². The van der Waals surface area contributed by atoms with Crippen LogP contribution in [0.3, 0.4) is 0 Å². The zero-order valence-corrected chi connectivity index (χ0v) is 7.02. The first-order chi connectivity index (χ1) is 4.93. The van der Waals surface area contributed by atoms with Crippen molar-refractivity contribution in [2.24, 2.45) is 0 Å². The fourth-order valence-electron chi connectivity index (χ4n) is 0.748. The molecule has 0 saturated carbocycles. The third-order valence-corrected chi connectivity index (χ3v) is 2.16. The van der Waals surface area contributed by atoms with E-state index in [1.54, 1.807) is 0 Å². The van der Waals surface area contributed by atoms with Crippen molar-refractivity contribution in [1.29, 1.82) is 0 Å². The van der Waals surface area contributed by atoms with Gasteiger partial charge in [-0.15, -0.1) is 0 Å². The van der Waals surface area contributed by atoms with E-state index in [0.29, 0.717) is 0 Å². The van der Waals surface area contributed by atoms with Crippen LogP contribution < -0.4 is 0 Å². The van der Waals surface area contributed by atoms with Crippen LogP contribution in [0.4, 0.5) is 0 Å². The fraction of sp³-hybridized carbons (Fsp3) is 1.00. The van der Waals surface area contributed by atoms with Crippen LogP contribution in [0.25, 0.3) is 0 Å². The number of morpholine rings is 1. The minimum atomic E-state index is 0.766. The van der Waals surface area contributed by atoms with Crippen LogP contribution in [0, 0.1) is 0 Å². The summed E-state index contributed by atoms with van der Waals surface area (Å²) in [7, 11) is 0. The van der Waals surface area contributed by atoms with Crippen molar-refractivity contribution < 1.29 is 8.92 Å². The SMILES string of the molecule is CCOSN1CCOCC1. The molecule has 0 radical (unpaired) electrons.